The highest BCUT2D eigenvalue weighted by atomic mass is 35.5. The van der Waals surface area contributed by atoms with Crippen LogP contribution in [0.25, 0.3) is 10.2 Å². The molecule has 96 valence electrons. The quantitative estimate of drug-likeness (QED) is 0.662. The molecule has 0 radical (unpaired) electrons. The summed E-state index contributed by atoms with van der Waals surface area (Å²) in [5, 5.41) is 1.08. The molecule has 2 nitrogen and oxygen atoms in total. The number of alkyl halides is 1. The molecule has 2 aromatic heterocycles. The van der Waals surface area contributed by atoms with E-state index in [1.807, 2.05) is 18.2 Å². The molecule has 0 bridgehead atoms. The molecule has 0 fully saturated rings. The fourth-order valence-corrected chi connectivity index (χ4v) is 3.30. The third-order valence-corrected chi connectivity index (χ3v) is 4.43. The average Bonchev–Trinajstić information content (AvgIpc) is 2.81. The molecule has 0 aliphatic heterocycles. The Hall–Kier alpha value is -1.45. The van der Waals surface area contributed by atoms with Crippen molar-refractivity contribution in [2.24, 2.45) is 0 Å². The summed E-state index contributed by atoms with van der Waals surface area (Å²) < 4.78 is 0. The summed E-state index contributed by atoms with van der Waals surface area (Å²) in [4.78, 5) is 11.0. The summed E-state index contributed by atoms with van der Waals surface area (Å²) in [5.74, 6) is 0. The molecule has 1 aromatic carbocycles. The highest BCUT2D eigenvalue weighted by Crippen LogP contribution is 2.30. The molecule has 0 saturated heterocycles. The van der Waals surface area contributed by atoms with Crippen molar-refractivity contribution in [1.82, 2.24) is 9.97 Å². The Morgan fingerprint density at radius 2 is 2.00 bits per heavy atom. The van der Waals surface area contributed by atoms with Gasteiger partial charge >= 0.3 is 0 Å². The summed E-state index contributed by atoms with van der Waals surface area (Å²) in [6, 6.07) is 12.3. The first kappa shape index (κ1) is 12.6. The molecule has 0 aliphatic rings. The van der Waals surface area contributed by atoms with Crippen molar-refractivity contribution in [3.63, 3.8) is 0 Å². The first-order valence-corrected chi connectivity index (χ1v) is 7.38. The van der Waals surface area contributed by atoms with Gasteiger partial charge in [-0.2, -0.15) is 0 Å². The van der Waals surface area contributed by atoms with E-state index in [1.54, 1.807) is 17.7 Å². The van der Waals surface area contributed by atoms with Crippen LogP contribution >= 0.6 is 22.9 Å². The highest BCUT2D eigenvalue weighted by Gasteiger charge is 2.13. The van der Waals surface area contributed by atoms with Crippen LogP contribution in [-0.2, 0) is 6.42 Å². The zero-order valence-corrected chi connectivity index (χ0v) is 12.1. The van der Waals surface area contributed by atoms with Gasteiger partial charge in [-0.05, 0) is 18.6 Å². The van der Waals surface area contributed by atoms with Gasteiger partial charge in [-0.25, -0.2) is 9.97 Å². The average molecular weight is 289 g/mol. The van der Waals surface area contributed by atoms with Gasteiger partial charge in [-0.3, -0.25) is 0 Å². The van der Waals surface area contributed by atoms with Gasteiger partial charge in [0.15, 0.2) is 0 Å². The normalized spacial score (nSPS) is 12.7. The van der Waals surface area contributed by atoms with Crippen LogP contribution in [-0.4, -0.2) is 9.97 Å². The minimum Gasteiger partial charge on any atom is -0.241 e. The molecule has 0 N–H and O–H groups in total. The molecule has 4 heteroatoms. The Labute approximate surface area is 121 Å². The molecular formula is C15H13ClN2S. The molecule has 0 spiro atoms. The lowest BCUT2D eigenvalue weighted by molar-refractivity contribution is 0.886. The highest BCUT2D eigenvalue weighted by molar-refractivity contribution is 7.18. The monoisotopic (exact) mass is 288 g/mol. The second kappa shape index (κ2) is 5.27. The molecular weight excluding hydrogens is 276 g/mol. The number of hydrogen-bond acceptors (Lipinski definition) is 3. The number of benzene rings is 1. The molecule has 1 atom stereocenters. The lowest BCUT2D eigenvalue weighted by atomic mass is 10.1. The van der Waals surface area contributed by atoms with Gasteiger partial charge in [0.25, 0.3) is 0 Å². The first-order valence-electron chi connectivity index (χ1n) is 6.13. The Morgan fingerprint density at radius 1 is 1.21 bits per heavy atom. The number of halogens is 1. The largest absolute Gasteiger partial charge is 0.241 e. The summed E-state index contributed by atoms with van der Waals surface area (Å²) in [6.45, 7) is 2.09. The second-order valence-corrected chi connectivity index (χ2v) is 6.24. The fraction of sp³-hybridized carbons (Fsp3) is 0.200. The van der Waals surface area contributed by atoms with Crippen molar-refractivity contribution in [3.05, 3.63) is 58.9 Å². The zero-order valence-electron chi connectivity index (χ0n) is 10.5. The van der Waals surface area contributed by atoms with Crippen LogP contribution in [0.1, 0.15) is 21.5 Å². The molecule has 1 unspecified atom stereocenters. The maximum atomic E-state index is 6.49. The third kappa shape index (κ3) is 2.62. The van der Waals surface area contributed by atoms with Crippen LogP contribution in [0.2, 0.25) is 0 Å². The maximum Gasteiger partial charge on any atom is 0.127 e. The zero-order chi connectivity index (χ0) is 13.2. The predicted molar refractivity (Wildman–Crippen MR) is 80.9 cm³/mol. The van der Waals surface area contributed by atoms with E-state index in [1.165, 1.54) is 4.88 Å². The number of aromatic nitrogens is 2. The topological polar surface area (TPSA) is 25.8 Å². The SMILES string of the molecule is Cc1cc2c(CC(Cl)c3ccccc3)ncnc2s1. The van der Waals surface area contributed by atoms with E-state index in [0.29, 0.717) is 0 Å². The number of aryl methyl sites for hydroxylation is 1. The van der Waals surface area contributed by atoms with Crippen LogP contribution in [0.4, 0.5) is 0 Å². The van der Waals surface area contributed by atoms with Gasteiger partial charge in [0.2, 0.25) is 0 Å². The molecule has 0 saturated carbocycles. The lowest BCUT2D eigenvalue weighted by Crippen LogP contribution is -1.99. The van der Waals surface area contributed by atoms with Gasteiger partial charge in [-0.1, -0.05) is 30.3 Å². The van der Waals surface area contributed by atoms with E-state index in [4.69, 9.17) is 11.6 Å². The number of hydrogen-bond donors (Lipinski definition) is 0. The smallest absolute Gasteiger partial charge is 0.127 e. The van der Waals surface area contributed by atoms with E-state index in [2.05, 4.69) is 35.1 Å². The summed E-state index contributed by atoms with van der Waals surface area (Å²) >= 11 is 8.19. The number of thiophene rings is 1. The van der Waals surface area contributed by atoms with Gasteiger partial charge in [-0.15, -0.1) is 22.9 Å². The summed E-state index contributed by atoms with van der Waals surface area (Å²) in [6.07, 6.45) is 2.35. The van der Waals surface area contributed by atoms with Crippen LogP contribution in [0, 0.1) is 6.92 Å². The number of rotatable bonds is 3. The summed E-state index contributed by atoms with van der Waals surface area (Å²) in [7, 11) is 0. The van der Waals surface area contributed by atoms with E-state index >= 15 is 0 Å². The Kier molecular flexibility index (Phi) is 3.49. The predicted octanol–water partition coefficient (Wildman–Crippen LogP) is 4.52. The van der Waals surface area contributed by atoms with Crippen molar-refractivity contribution in [1.29, 1.82) is 0 Å². The lowest BCUT2D eigenvalue weighted by Gasteiger charge is -2.09. The first-order chi connectivity index (χ1) is 9.24. The van der Waals surface area contributed by atoms with Crippen molar-refractivity contribution in [3.8, 4) is 0 Å². The standard InChI is InChI=1S/C15H13ClN2S/c1-10-7-12-14(17-9-18-15(12)19-10)8-13(16)11-5-3-2-4-6-11/h2-7,9,13H,8H2,1H3. The van der Waals surface area contributed by atoms with Crippen molar-refractivity contribution < 1.29 is 0 Å². The van der Waals surface area contributed by atoms with Gasteiger partial charge in [0.05, 0.1) is 11.1 Å². The van der Waals surface area contributed by atoms with Crippen LogP contribution in [0.3, 0.4) is 0 Å². The van der Waals surface area contributed by atoms with Crippen molar-refractivity contribution in [2.45, 2.75) is 18.7 Å². The van der Waals surface area contributed by atoms with Crippen LogP contribution < -0.4 is 0 Å². The van der Waals surface area contributed by atoms with E-state index in [9.17, 15) is 0 Å². The molecule has 3 aromatic rings. The van der Waals surface area contributed by atoms with E-state index in [0.717, 1.165) is 27.9 Å². The maximum absolute atomic E-state index is 6.49. The van der Waals surface area contributed by atoms with E-state index in [-0.39, 0.29) is 5.38 Å². The number of fused-ring (bicyclic) bond motifs is 1. The minimum absolute atomic E-state index is 0.0560. The summed E-state index contributed by atoms with van der Waals surface area (Å²) in [5.41, 5.74) is 2.15. The third-order valence-electron chi connectivity index (χ3n) is 3.07. The molecule has 19 heavy (non-hydrogen) atoms. The van der Waals surface area contributed by atoms with Gasteiger partial charge < -0.3 is 0 Å². The molecule has 0 aliphatic carbocycles. The van der Waals surface area contributed by atoms with Gasteiger partial charge in [0, 0.05) is 16.7 Å². The Bertz CT molecular complexity index is 694. The minimum atomic E-state index is -0.0560. The second-order valence-electron chi connectivity index (χ2n) is 4.48. The van der Waals surface area contributed by atoms with Crippen LogP contribution in [0.5, 0.6) is 0 Å². The molecule has 0 amide bonds. The number of nitrogens with zero attached hydrogens (tertiary/aromatic N) is 2. The van der Waals surface area contributed by atoms with Crippen LogP contribution in [0.15, 0.2) is 42.7 Å². The van der Waals surface area contributed by atoms with Crippen molar-refractivity contribution >= 4 is 33.2 Å². The Balaban J connectivity index is 1.93. The molecule has 3 rings (SSSR count). The van der Waals surface area contributed by atoms with Gasteiger partial charge in [0.1, 0.15) is 11.2 Å². The Morgan fingerprint density at radius 3 is 2.79 bits per heavy atom. The fourth-order valence-electron chi connectivity index (χ4n) is 2.14. The molecule has 2 heterocycles. The van der Waals surface area contributed by atoms with E-state index < -0.39 is 0 Å². The van der Waals surface area contributed by atoms with Crippen molar-refractivity contribution in [2.75, 3.05) is 0 Å².